The zero-order valence-corrected chi connectivity index (χ0v) is 13.0. The quantitative estimate of drug-likeness (QED) is 0.661. The number of halogens is 1. The first-order chi connectivity index (χ1) is 10.1. The van der Waals surface area contributed by atoms with E-state index in [-0.39, 0.29) is 5.91 Å². The van der Waals surface area contributed by atoms with Gasteiger partial charge in [-0.2, -0.15) is 5.26 Å². The number of allylic oxidation sites excluding steroid dienone is 1. The zero-order valence-electron chi connectivity index (χ0n) is 11.4. The van der Waals surface area contributed by atoms with E-state index >= 15 is 0 Å². The van der Waals surface area contributed by atoms with E-state index < -0.39 is 0 Å². The number of hydrogen-bond donors (Lipinski definition) is 1. The Morgan fingerprint density at radius 1 is 1.14 bits per heavy atom. The maximum atomic E-state index is 11.0. The molecule has 0 heterocycles. The average molecular weight is 341 g/mol. The predicted octanol–water partition coefficient (Wildman–Crippen LogP) is 4.47. The van der Waals surface area contributed by atoms with Gasteiger partial charge in [0.25, 0.3) is 0 Å². The van der Waals surface area contributed by atoms with E-state index in [0.717, 1.165) is 21.3 Å². The summed E-state index contributed by atoms with van der Waals surface area (Å²) in [5.41, 5.74) is 3.10. The minimum Gasteiger partial charge on any atom is -0.326 e. The molecule has 0 bridgehead atoms. The second kappa shape index (κ2) is 6.87. The molecule has 0 unspecified atom stereocenters. The molecule has 3 nitrogen and oxygen atoms in total. The lowest BCUT2D eigenvalue weighted by atomic mass is 10.0. The van der Waals surface area contributed by atoms with Gasteiger partial charge >= 0.3 is 0 Å². The van der Waals surface area contributed by atoms with Crippen LogP contribution in [-0.2, 0) is 4.79 Å². The molecule has 0 aliphatic heterocycles. The van der Waals surface area contributed by atoms with E-state index in [0.29, 0.717) is 5.57 Å². The molecule has 21 heavy (non-hydrogen) atoms. The van der Waals surface area contributed by atoms with E-state index in [1.165, 1.54) is 6.92 Å². The summed E-state index contributed by atoms with van der Waals surface area (Å²) in [6, 6.07) is 17.1. The Kier molecular flexibility index (Phi) is 4.91. The van der Waals surface area contributed by atoms with Crippen molar-refractivity contribution in [2.45, 2.75) is 6.92 Å². The lowest BCUT2D eigenvalue weighted by Gasteiger charge is -2.03. The van der Waals surface area contributed by atoms with Gasteiger partial charge in [0.15, 0.2) is 0 Å². The second-order valence-electron chi connectivity index (χ2n) is 4.48. The van der Waals surface area contributed by atoms with Crippen molar-refractivity contribution in [2.24, 2.45) is 0 Å². The van der Waals surface area contributed by atoms with Crippen LogP contribution < -0.4 is 5.32 Å². The van der Waals surface area contributed by atoms with Gasteiger partial charge in [0.05, 0.1) is 11.6 Å². The van der Waals surface area contributed by atoms with E-state index in [2.05, 4.69) is 27.3 Å². The molecule has 2 rings (SSSR count). The first kappa shape index (κ1) is 15.0. The molecule has 0 radical (unpaired) electrons. The summed E-state index contributed by atoms with van der Waals surface area (Å²) in [7, 11) is 0. The summed E-state index contributed by atoms with van der Waals surface area (Å²) in [5, 5.41) is 12.0. The number of nitrogens with one attached hydrogen (secondary N) is 1. The molecular formula is C17H13BrN2O. The van der Waals surface area contributed by atoms with Crippen LogP contribution in [-0.4, -0.2) is 5.91 Å². The van der Waals surface area contributed by atoms with Crippen molar-refractivity contribution in [2.75, 3.05) is 5.32 Å². The van der Waals surface area contributed by atoms with Gasteiger partial charge in [-0.05, 0) is 41.5 Å². The molecule has 2 aromatic carbocycles. The zero-order chi connectivity index (χ0) is 15.2. The molecule has 0 saturated carbocycles. The van der Waals surface area contributed by atoms with Crippen molar-refractivity contribution < 1.29 is 4.79 Å². The fraction of sp³-hybridized carbons (Fsp3) is 0.0588. The van der Waals surface area contributed by atoms with Crippen molar-refractivity contribution in [3.63, 3.8) is 0 Å². The Morgan fingerprint density at radius 3 is 2.29 bits per heavy atom. The van der Waals surface area contributed by atoms with Crippen molar-refractivity contribution in [1.82, 2.24) is 0 Å². The van der Waals surface area contributed by atoms with Crippen LogP contribution in [0.15, 0.2) is 53.0 Å². The molecule has 0 spiro atoms. The van der Waals surface area contributed by atoms with Crippen LogP contribution >= 0.6 is 15.9 Å². The smallest absolute Gasteiger partial charge is 0.221 e. The minimum absolute atomic E-state index is 0.106. The SMILES string of the molecule is CC(=O)Nc1ccc(/C=C(\C#N)c2ccc(Br)cc2)cc1. The largest absolute Gasteiger partial charge is 0.326 e. The van der Waals surface area contributed by atoms with Gasteiger partial charge in [0.2, 0.25) is 5.91 Å². The molecule has 0 atom stereocenters. The van der Waals surface area contributed by atoms with Gasteiger partial charge in [-0.25, -0.2) is 0 Å². The average Bonchev–Trinajstić information content (AvgIpc) is 2.47. The summed E-state index contributed by atoms with van der Waals surface area (Å²) in [5.74, 6) is -0.106. The van der Waals surface area contributed by atoms with E-state index in [1.54, 1.807) is 0 Å². The Bertz CT molecular complexity index is 710. The molecule has 1 N–H and O–H groups in total. The molecule has 2 aromatic rings. The summed E-state index contributed by atoms with van der Waals surface area (Å²) in [6.07, 6.45) is 1.82. The van der Waals surface area contributed by atoms with E-state index in [4.69, 9.17) is 0 Å². The Labute approximate surface area is 132 Å². The predicted molar refractivity (Wildman–Crippen MR) is 88.4 cm³/mol. The highest BCUT2D eigenvalue weighted by Crippen LogP contribution is 2.21. The van der Waals surface area contributed by atoms with Crippen LogP contribution in [0.4, 0.5) is 5.69 Å². The van der Waals surface area contributed by atoms with E-state index in [1.807, 2.05) is 54.6 Å². The third-order valence-electron chi connectivity index (χ3n) is 2.82. The van der Waals surface area contributed by atoms with Gasteiger partial charge in [-0.15, -0.1) is 0 Å². The lowest BCUT2D eigenvalue weighted by Crippen LogP contribution is -2.05. The van der Waals surface area contributed by atoms with Crippen molar-refractivity contribution >= 4 is 39.2 Å². The van der Waals surface area contributed by atoms with Crippen molar-refractivity contribution in [1.29, 1.82) is 5.26 Å². The van der Waals surface area contributed by atoms with Gasteiger partial charge in [0, 0.05) is 17.1 Å². The summed E-state index contributed by atoms with van der Waals surface area (Å²) < 4.78 is 0.975. The number of nitrogens with zero attached hydrogens (tertiary/aromatic N) is 1. The van der Waals surface area contributed by atoms with Gasteiger partial charge in [-0.1, -0.05) is 40.2 Å². The van der Waals surface area contributed by atoms with Crippen LogP contribution in [0, 0.1) is 11.3 Å². The van der Waals surface area contributed by atoms with Crippen LogP contribution in [0.2, 0.25) is 0 Å². The number of hydrogen-bond acceptors (Lipinski definition) is 2. The Balaban J connectivity index is 2.26. The summed E-state index contributed by atoms with van der Waals surface area (Å²) in [4.78, 5) is 11.0. The summed E-state index contributed by atoms with van der Waals surface area (Å²) in [6.45, 7) is 1.47. The normalized spacial score (nSPS) is 10.8. The minimum atomic E-state index is -0.106. The first-order valence-corrected chi connectivity index (χ1v) is 7.13. The Hall–Kier alpha value is -2.38. The van der Waals surface area contributed by atoms with Crippen LogP contribution in [0.3, 0.4) is 0 Å². The number of rotatable bonds is 3. The highest BCUT2D eigenvalue weighted by molar-refractivity contribution is 9.10. The maximum absolute atomic E-state index is 11.0. The highest BCUT2D eigenvalue weighted by atomic mass is 79.9. The molecule has 0 aliphatic rings. The molecular weight excluding hydrogens is 328 g/mol. The van der Waals surface area contributed by atoms with Crippen LogP contribution in [0.25, 0.3) is 11.6 Å². The molecule has 0 aliphatic carbocycles. The molecule has 1 amide bonds. The lowest BCUT2D eigenvalue weighted by molar-refractivity contribution is -0.114. The van der Waals surface area contributed by atoms with Gasteiger partial charge < -0.3 is 5.32 Å². The molecule has 4 heteroatoms. The van der Waals surface area contributed by atoms with Crippen LogP contribution in [0.1, 0.15) is 18.1 Å². The molecule has 0 fully saturated rings. The monoisotopic (exact) mass is 340 g/mol. The molecule has 0 saturated heterocycles. The number of anilines is 1. The third-order valence-corrected chi connectivity index (χ3v) is 3.35. The number of carbonyl (C=O) groups excluding carboxylic acids is 1. The number of carbonyl (C=O) groups is 1. The topological polar surface area (TPSA) is 52.9 Å². The van der Waals surface area contributed by atoms with Gasteiger partial charge in [-0.3, -0.25) is 4.79 Å². The summed E-state index contributed by atoms with van der Waals surface area (Å²) >= 11 is 3.37. The first-order valence-electron chi connectivity index (χ1n) is 6.34. The second-order valence-corrected chi connectivity index (χ2v) is 5.40. The van der Waals surface area contributed by atoms with Crippen LogP contribution in [0.5, 0.6) is 0 Å². The molecule has 0 aromatic heterocycles. The van der Waals surface area contributed by atoms with Gasteiger partial charge in [0.1, 0.15) is 0 Å². The van der Waals surface area contributed by atoms with E-state index in [9.17, 15) is 10.1 Å². The number of nitriles is 1. The number of benzene rings is 2. The standard InChI is InChI=1S/C17H13BrN2O/c1-12(21)20-17-8-2-13(3-9-17)10-15(11-19)14-4-6-16(18)7-5-14/h2-10H,1H3,(H,20,21)/b15-10+. The fourth-order valence-corrected chi connectivity index (χ4v) is 2.11. The highest BCUT2D eigenvalue weighted by Gasteiger charge is 2.01. The Morgan fingerprint density at radius 2 is 1.76 bits per heavy atom. The van der Waals surface area contributed by atoms with Crippen molar-refractivity contribution in [3.8, 4) is 6.07 Å². The maximum Gasteiger partial charge on any atom is 0.221 e. The fourth-order valence-electron chi connectivity index (χ4n) is 1.84. The third kappa shape index (κ3) is 4.30. The number of amides is 1. The molecule has 104 valence electrons. The van der Waals surface area contributed by atoms with Crippen molar-refractivity contribution in [3.05, 3.63) is 64.1 Å².